The van der Waals surface area contributed by atoms with E-state index in [2.05, 4.69) is 41.2 Å². The van der Waals surface area contributed by atoms with Crippen LogP contribution < -0.4 is 31.9 Å². The number of nitrogens with one attached hydrogen (secondary N) is 6. The predicted octanol–water partition coefficient (Wildman–Crippen LogP) is 3.29. The molecular weight excluding hydrogens is 702 g/mol. The Morgan fingerprint density at radius 2 is 1.52 bits per heavy atom. The number of hydrogen-bond donors (Lipinski definition) is 6. The third kappa shape index (κ3) is 9.70. The van der Waals surface area contributed by atoms with Gasteiger partial charge in [-0.15, -0.1) is 11.3 Å². The fraction of sp³-hybridized carbons (Fsp3) is 0.406. The van der Waals surface area contributed by atoms with E-state index < -0.39 is 17.7 Å². The number of nitrogens with zero attached hydrogens (tertiary/aromatic N) is 5. The van der Waals surface area contributed by atoms with E-state index >= 15 is 0 Å². The minimum absolute atomic E-state index is 0.110. The lowest BCUT2D eigenvalue weighted by Gasteiger charge is -2.27. The molecule has 1 fully saturated rings. The summed E-state index contributed by atoms with van der Waals surface area (Å²) in [6.45, 7) is 6.89. The molecule has 0 atom stereocenters. The highest BCUT2D eigenvalue weighted by Crippen LogP contribution is 2.31. The Hall–Kier alpha value is -4.26. The first-order chi connectivity index (χ1) is 24.0. The molecule has 0 aliphatic carbocycles. The number of halogens is 1. The predicted molar refractivity (Wildman–Crippen MR) is 199 cm³/mol. The number of hydrogen-bond acceptors (Lipinski definition) is 11. The summed E-state index contributed by atoms with van der Waals surface area (Å²) >= 11 is 8.76. The SMILES string of the molecule is CN(C)CCCNC(=O)c1cc(NC(=O)c2cc(NC(=O)c3cc(NC(=O)c4nsc(NCCN5CCNCC5)c4Cl)cs3)cn2C)cn1C. The largest absolute Gasteiger partial charge is 0.373 e. The Morgan fingerprint density at radius 3 is 2.20 bits per heavy atom. The zero-order valence-electron chi connectivity index (χ0n) is 28.4. The van der Waals surface area contributed by atoms with Gasteiger partial charge in [-0.1, -0.05) is 11.6 Å². The van der Waals surface area contributed by atoms with Gasteiger partial charge in [-0.25, -0.2) is 0 Å². The monoisotopic (exact) mass is 743 g/mol. The summed E-state index contributed by atoms with van der Waals surface area (Å²) in [5.74, 6) is -1.51. The van der Waals surface area contributed by atoms with Gasteiger partial charge in [-0.3, -0.25) is 24.1 Å². The summed E-state index contributed by atoms with van der Waals surface area (Å²) in [5.41, 5.74) is 2.15. The fourth-order valence-corrected chi connectivity index (χ4v) is 7.08. The van der Waals surface area contributed by atoms with E-state index in [0.717, 1.165) is 68.6 Å². The van der Waals surface area contributed by atoms with Gasteiger partial charge in [-0.05, 0) is 56.8 Å². The van der Waals surface area contributed by atoms with E-state index in [1.807, 2.05) is 19.0 Å². The smallest absolute Gasteiger partial charge is 0.277 e. The number of amides is 4. The molecule has 0 bridgehead atoms. The molecule has 0 spiro atoms. The van der Waals surface area contributed by atoms with E-state index in [4.69, 9.17) is 11.6 Å². The molecule has 1 aliphatic heterocycles. The molecule has 4 amide bonds. The average Bonchev–Trinajstić information content (AvgIpc) is 3.87. The Balaban J connectivity index is 1.12. The van der Waals surface area contributed by atoms with E-state index in [9.17, 15) is 19.2 Å². The molecule has 4 aromatic heterocycles. The highest BCUT2D eigenvalue weighted by molar-refractivity contribution is 7.12. The van der Waals surface area contributed by atoms with Crippen molar-refractivity contribution in [3.05, 3.63) is 63.0 Å². The van der Waals surface area contributed by atoms with Crippen LogP contribution in [0.4, 0.5) is 22.1 Å². The highest BCUT2D eigenvalue weighted by atomic mass is 35.5. The zero-order chi connectivity index (χ0) is 35.8. The lowest BCUT2D eigenvalue weighted by molar-refractivity contribution is 0.0942. The lowest BCUT2D eigenvalue weighted by atomic mass is 10.3. The fourth-order valence-electron chi connectivity index (χ4n) is 5.30. The normalized spacial score (nSPS) is 13.3. The van der Waals surface area contributed by atoms with E-state index in [1.165, 1.54) is 0 Å². The van der Waals surface area contributed by atoms with Gasteiger partial charge in [0.25, 0.3) is 23.6 Å². The van der Waals surface area contributed by atoms with E-state index in [-0.39, 0.29) is 16.6 Å². The third-order valence-corrected chi connectivity index (χ3v) is 10.1. The van der Waals surface area contributed by atoms with Crippen molar-refractivity contribution < 1.29 is 19.2 Å². The number of carbonyl (C=O) groups is 4. The van der Waals surface area contributed by atoms with Gasteiger partial charge in [0.1, 0.15) is 21.4 Å². The van der Waals surface area contributed by atoms with Crippen LogP contribution in [0.25, 0.3) is 0 Å². The van der Waals surface area contributed by atoms with Gasteiger partial charge >= 0.3 is 0 Å². The maximum Gasteiger partial charge on any atom is 0.277 e. The average molecular weight is 744 g/mol. The first-order valence-corrected chi connectivity index (χ1v) is 18.1. The summed E-state index contributed by atoms with van der Waals surface area (Å²) in [7, 11) is 7.38. The van der Waals surface area contributed by atoms with Crippen LogP contribution >= 0.6 is 34.5 Å². The number of piperazine rings is 1. The van der Waals surface area contributed by atoms with Crippen LogP contribution in [0, 0.1) is 0 Å². The molecule has 5 heterocycles. The van der Waals surface area contributed by atoms with Crippen molar-refractivity contribution in [2.45, 2.75) is 6.42 Å². The number of aromatic nitrogens is 3. The number of anilines is 4. The molecule has 4 aromatic rings. The van der Waals surface area contributed by atoms with Gasteiger partial charge < -0.3 is 45.9 Å². The summed E-state index contributed by atoms with van der Waals surface area (Å²) in [4.78, 5) is 56.5. The van der Waals surface area contributed by atoms with Gasteiger partial charge in [0.2, 0.25) is 0 Å². The third-order valence-electron chi connectivity index (χ3n) is 7.91. The molecule has 0 radical (unpaired) electrons. The van der Waals surface area contributed by atoms with Crippen LogP contribution in [-0.2, 0) is 14.1 Å². The molecule has 1 aliphatic rings. The van der Waals surface area contributed by atoms with Crippen molar-refractivity contribution in [1.82, 2.24) is 33.9 Å². The summed E-state index contributed by atoms with van der Waals surface area (Å²) in [6.07, 6.45) is 4.11. The number of thiophene rings is 1. The molecule has 1 saturated heterocycles. The van der Waals surface area contributed by atoms with Crippen molar-refractivity contribution in [1.29, 1.82) is 0 Å². The van der Waals surface area contributed by atoms with Crippen molar-refractivity contribution in [3.63, 3.8) is 0 Å². The first-order valence-electron chi connectivity index (χ1n) is 16.1. The highest BCUT2D eigenvalue weighted by Gasteiger charge is 2.21. The second-order valence-electron chi connectivity index (χ2n) is 12.1. The summed E-state index contributed by atoms with van der Waals surface area (Å²) < 4.78 is 7.49. The van der Waals surface area contributed by atoms with E-state index in [0.29, 0.717) is 51.4 Å². The maximum absolute atomic E-state index is 13.1. The van der Waals surface area contributed by atoms with Gasteiger partial charge in [0, 0.05) is 77.7 Å². The van der Waals surface area contributed by atoms with Crippen LogP contribution in [0.15, 0.2) is 36.0 Å². The second kappa shape index (κ2) is 17.1. The number of carbonyl (C=O) groups excluding carboxylic acids is 4. The molecule has 0 saturated carbocycles. The van der Waals surface area contributed by atoms with Crippen molar-refractivity contribution in [2.24, 2.45) is 14.1 Å². The molecule has 18 heteroatoms. The molecule has 15 nitrogen and oxygen atoms in total. The Labute approximate surface area is 303 Å². The van der Waals surface area contributed by atoms with Gasteiger partial charge in [0.05, 0.1) is 21.9 Å². The quantitative estimate of drug-likeness (QED) is 0.100. The van der Waals surface area contributed by atoms with Crippen molar-refractivity contribution in [2.75, 3.05) is 87.7 Å². The molecule has 0 unspecified atom stereocenters. The minimum atomic E-state index is -0.476. The van der Waals surface area contributed by atoms with Crippen LogP contribution in [0.3, 0.4) is 0 Å². The van der Waals surface area contributed by atoms with Crippen molar-refractivity contribution in [3.8, 4) is 0 Å². The number of aryl methyl sites for hydroxylation is 2. The standard InChI is InChI=1S/C32H42ClN11O4S2/c1-41(2)10-5-6-35-28(45)23-14-20(17-42(23)3)37-29(46)24-15-21(18-43(24)4)38-30(47)25-16-22(19-49-25)39-31(48)27-26(33)32(50-40-27)36-9-13-44-11-7-34-8-12-44/h14-19,34,36H,5-13H2,1-4H3,(H,35,45)(H,37,46)(H,38,47)(H,39,48). The molecule has 6 N–H and O–H groups in total. The van der Waals surface area contributed by atoms with Gasteiger partial charge in [-0.2, -0.15) is 4.37 Å². The number of rotatable bonds is 15. The first kappa shape index (κ1) is 37.0. The van der Waals surface area contributed by atoms with Crippen LogP contribution in [0.2, 0.25) is 5.02 Å². The Kier molecular flexibility index (Phi) is 12.7. The summed E-state index contributed by atoms with van der Waals surface area (Å²) in [6, 6.07) is 4.74. The molecule has 50 heavy (non-hydrogen) atoms. The molecular formula is C32H42ClN11O4S2. The van der Waals surface area contributed by atoms with Crippen molar-refractivity contribution >= 4 is 80.2 Å². The Morgan fingerprint density at radius 1 is 0.880 bits per heavy atom. The second-order valence-corrected chi connectivity index (χ2v) is 14.2. The van der Waals surface area contributed by atoms with Crippen LogP contribution in [0.5, 0.6) is 0 Å². The topological polar surface area (TPSA) is 170 Å². The lowest BCUT2D eigenvalue weighted by Crippen LogP contribution is -2.45. The van der Waals surface area contributed by atoms with Crippen LogP contribution in [-0.4, -0.2) is 113 Å². The minimum Gasteiger partial charge on any atom is -0.373 e. The van der Waals surface area contributed by atoms with Gasteiger partial charge in [0.15, 0.2) is 5.69 Å². The Bertz CT molecular complexity index is 1820. The zero-order valence-corrected chi connectivity index (χ0v) is 30.8. The maximum atomic E-state index is 13.1. The molecule has 0 aromatic carbocycles. The van der Waals surface area contributed by atoms with E-state index in [1.54, 1.807) is 59.2 Å². The molecule has 5 rings (SSSR count). The summed E-state index contributed by atoms with van der Waals surface area (Å²) in [5, 5.41) is 20.4. The molecule has 268 valence electrons. The van der Waals surface area contributed by atoms with Crippen LogP contribution in [0.1, 0.15) is 47.6 Å².